The SMILES string of the molecule is COc1ccc(-n2cncn2)c(CCl)c1F. The van der Waals surface area contributed by atoms with Gasteiger partial charge in [-0.25, -0.2) is 14.1 Å². The average molecular weight is 242 g/mol. The lowest BCUT2D eigenvalue weighted by Gasteiger charge is -2.10. The van der Waals surface area contributed by atoms with E-state index in [9.17, 15) is 4.39 Å². The van der Waals surface area contributed by atoms with Gasteiger partial charge in [0.25, 0.3) is 0 Å². The Morgan fingerprint density at radius 1 is 1.50 bits per heavy atom. The highest BCUT2D eigenvalue weighted by atomic mass is 35.5. The molecule has 16 heavy (non-hydrogen) atoms. The first kappa shape index (κ1) is 10.9. The zero-order chi connectivity index (χ0) is 11.5. The second kappa shape index (κ2) is 4.49. The molecule has 1 heterocycles. The summed E-state index contributed by atoms with van der Waals surface area (Å²) in [5.74, 6) is -0.261. The van der Waals surface area contributed by atoms with E-state index in [1.165, 1.54) is 30.5 Å². The van der Waals surface area contributed by atoms with Crippen LogP contribution < -0.4 is 4.74 Å². The topological polar surface area (TPSA) is 39.9 Å². The molecule has 0 radical (unpaired) electrons. The Kier molecular flexibility index (Phi) is 3.05. The minimum atomic E-state index is -0.467. The van der Waals surface area contributed by atoms with E-state index in [1.807, 2.05) is 0 Å². The largest absolute Gasteiger partial charge is 0.494 e. The van der Waals surface area contributed by atoms with Gasteiger partial charge < -0.3 is 4.74 Å². The maximum absolute atomic E-state index is 13.9. The van der Waals surface area contributed by atoms with Gasteiger partial charge in [-0.2, -0.15) is 5.10 Å². The van der Waals surface area contributed by atoms with Crippen LogP contribution in [-0.4, -0.2) is 21.9 Å². The highest BCUT2D eigenvalue weighted by molar-refractivity contribution is 6.17. The summed E-state index contributed by atoms with van der Waals surface area (Å²) < 4.78 is 20.2. The van der Waals surface area contributed by atoms with E-state index in [2.05, 4.69) is 10.1 Å². The molecule has 1 aromatic carbocycles. The molecule has 0 amide bonds. The van der Waals surface area contributed by atoms with Gasteiger partial charge in [0.1, 0.15) is 12.7 Å². The van der Waals surface area contributed by atoms with Crippen molar-refractivity contribution in [3.05, 3.63) is 36.2 Å². The van der Waals surface area contributed by atoms with Crippen molar-refractivity contribution in [2.75, 3.05) is 7.11 Å². The molecular formula is C10H9ClFN3O. The van der Waals surface area contributed by atoms with Crippen LogP contribution in [0, 0.1) is 5.82 Å². The first-order chi connectivity index (χ1) is 7.77. The number of hydrogen-bond acceptors (Lipinski definition) is 3. The van der Waals surface area contributed by atoms with Crippen molar-refractivity contribution in [1.29, 1.82) is 0 Å². The smallest absolute Gasteiger partial charge is 0.171 e. The third kappa shape index (κ3) is 1.74. The number of hydrogen-bond donors (Lipinski definition) is 0. The lowest BCUT2D eigenvalue weighted by atomic mass is 10.1. The maximum atomic E-state index is 13.9. The second-order valence-electron chi connectivity index (χ2n) is 3.05. The number of halogens is 2. The van der Waals surface area contributed by atoms with Crippen LogP contribution in [0.5, 0.6) is 5.75 Å². The number of ether oxygens (including phenoxy) is 1. The molecule has 0 bridgehead atoms. The lowest BCUT2D eigenvalue weighted by Crippen LogP contribution is -2.03. The van der Waals surface area contributed by atoms with Gasteiger partial charge in [0.15, 0.2) is 11.6 Å². The molecule has 2 aromatic rings. The molecule has 0 unspecified atom stereocenters. The van der Waals surface area contributed by atoms with Crippen molar-refractivity contribution >= 4 is 11.6 Å². The van der Waals surface area contributed by atoms with Crippen LogP contribution >= 0.6 is 11.6 Å². The first-order valence-electron chi connectivity index (χ1n) is 4.54. The number of methoxy groups -OCH3 is 1. The third-order valence-electron chi connectivity index (χ3n) is 2.20. The van der Waals surface area contributed by atoms with Crippen molar-refractivity contribution < 1.29 is 9.13 Å². The van der Waals surface area contributed by atoms with Gasteiger partial charge in [0.2, 0.25) is 0 Å². The Morgan fingerprint density at radius 3 is 2.88 bits per heavy atom. The molecule has 1 aromatic heterocycles. The summed E-state index contributed by atoms with van der Waals surface area (Å²) in [6.45, 7) is 0. The minimum Gasteiger partial charge on any atom is -0.494 e. The second-order valence-corrected chi connectivity index (χ2v) is 3.32. The van der Waals surface area contributed by atoms with Crippen molar-refractivity contribution in [2.45, 2.75) is 5.88 Å². The van der Waals surface area contributed by atoms with Crippen LogP contribution in [0.2, 0.25) is 0 Å². The van der Waals surface area contributed by atoms with E-state index in [0.717, 1.165) is 0 Å². The van der Waals surface area contributed by atoms with Gasteiger partial charge >= 0.3 is 0 Å². The Hall–Kier alpha value is -1.62. The van der Waals surface area contributed by atoms with Crippen LogP contribution in [0.1, 0.15) is 5.56 Å². The predicted molar refractivity (Wildman–Crippen MR) is 57.4 cm³/mol. The summed E-state index contributed by atoms with van der Waals surface area (Å²) in [7, 11) is 1.41. The molecule has 0 saturated heterocycles. The molecule has 0 aliphatic rings. The molecule has 2 rings (SSSR count). The van der Waals surface area contributed by atoms with Gasteiger partial charge in [-0.15, -0.1) is 11.6 Å². The number of alkyl halides is 1. The zero-order valence-corrected chi connectivity index (χ0v) is 9.28. The van der Waals surface area contributed by atoms with Crippen LogP contribution in [0.15, 0.2) is 24.8 Å². The summed E-state index contributed by atoms with van der Waals surface area (Å²) in [5.41, 5.74) is 0.900. The van der Waals surface area contributed by atoms with Crippen molar-refractivity contribution in [1.82, 2.24) is 14.8 Å². The standard InChI is InChI=1S/C10H9ClFN3O/c1-16-9-3-2-8(7(4-11)10(9)12)15-6-13-5-14-15/h2-3,5-6H,4H2,1H3. The van der Waals surface area contributed by atoms with Crippen molar-refractivity contribution in [3.63, 3.8) is 0 Å². The van der Waals surface area contributed by atoms with Crippen LogP contribution in [0.3, 0.4) is 0 Å². The normalized spacial score (nSPS) is 10.4. The summed E-state index contributed by atoms with van der Waals surface area (Å²) >= 11 is 5.73. The molecule has 0 atom stereocenters. The van der Waals surface area contributed by atoms with Gasteiger partial charge in [0.05, 0.1) is 18.7 Å². The molecule has 4 nitrogen and oxygen atoms in total. The number of nitrogens with zero attached hydrogens (tertiary/aromatic N) is 3. The molecule has 0 fully saturated rings. The first-order valence-corrected chi connectivity index (χ1v) is 5.07. The Balaban J connectivity index is 2.59. The quantitative estimate of drug-likeness (QED) is 0.773. The molecule has 0 aliphatic carbocycles. The number of benzene rings is 1. The van der Waals surface area contributed by atoms with Gasteiger partial charge in [0, 0.05) is 5.56 Å². The summed E-state index contributed by atoms with van der Waals surface area (Å²) in [5, 5.41) is 3.93. The highest BCUT2D eigenvalue weighted by Gasteiger charge is 2.14. The Morgan fingerprint density at radius 2 is 2.31 bits per heavy atom. The summed E-state index contributed by atoms with van der Waals surface area (Å²) in [4.78, 5) is 3.80. The van der Waals surface area contributed by atoms with E-state index in [0.29, 0.717) is 11.3 Å². The molecule has 0 saturated carbocycles. The molecule has 6 heteroatoms. The molecule has 0 aliphatic heterocycles. The summed E-state index contributed by atoms with van der Waals surface area (Å²) in [6, 6.07) is 3.22. The fourth-order valence-electron chi connectivity index (χ4n) is 1.42. The lowest BCUT2D eigenvalue weighted by molar-refractivity contribution is 0.384. The molecular weight excluding hydrogens is 233 g/mol. The summed E-state index contributed by atoms with van der Waals surface area (Å²) in [6.07, 6.45) is 2.86. The number of aromatic nitrogens is 3. The highest BCUT2D eigenvalue weighted by Crippen LogP contribution is 2.26. The van der Waals surface area contributed by atoms with Gasteiger partial charge in [-0.3, -0.25) is 0 Å². The van der Waals surface area contributed by atoms with Crippen LogP contribution in [0.25, 0.3) is 5.69 Å². The molecule has 0 N–H and O–H groups in total. The monoisotopic (exact) mass is 241 g/mol. The van der Waals surface area contributed by atoms with Crippen molar-refractivity contribution in [2.24, 2.45) is 0 Å². The van der Waals surface area contributed by atoms with Crippen LogP contribution in [-0.2, 0) is 5.88 Å². The third-order valence-corrected chi connectivity index (χ3v) is 2.47. The fraction of sp³-hybridized carbons (Fsp3) is 0.200. The van der Waals surface area contributed by atoms with E-state index < -0.39 is 5.82 Å². The molecule has 0 spiro atoms. The Bertz CT molecular complexity index is 487. The minimum absolute atomic E-state index is 0.0399. The van der Waals surface area contributed by atoms with Gasteiger partial charge in [-0.1, -0.05) is 0 Å². The Labute approximate surface area is 96.6 Å². The van der Waals surface area contributed by atoms with E-state index in [4.69, 9.17) is 16.3 Å². The zero-order valence-electron chi connectivity index (χ0n) is 8.52. The predicted octanol–water partition coefficient (Wildman–Crippen LogP) is 2.15. The number of rotatable bonds is 3. The molecule has 84 valence electrons. The maximum Gasteiger partial charge on any atom is 0.171 e. The van der Waals surface area contributed by atoms with E-state index in [1.54, 1.807) is 6.07 Å². The van der Waals surface area contributed by atoms with E-state index in [-0.39, 0.29) is 11.6 Å². The average Bonchev–Trinajstić information content (AvgIpc) is 2.82. The van der Waals surface area contributed by atoms with Crippen LogP contribution in [0.4, 0.5) is 4.39 Å². The van der Waals surface area contributed by atoms with Crippen molar-refractivity contribution in [3.8, 4) is 11.4 Å². The van der Waals surface area contributed by atoms with E-state index >= 15 is 0 Å². The van der Waals surface area contributed by atoms with Gasteiger partial charge in [-0.05, 0) is 12.1 Å². The fourth-order valence-corrected chi connectivity index (χ4v) is 1.68.